The Balaban J connectivity index is 4.23. The van der Waals surface area contributed by atoms with Crippen molar-refractivity contribution in [2.45, 2.75) is 13.0 Å². The van der Waals surface area contributed by atoms with Gasteiger partial charge in [-0.2, -0.15) is 0 Å². The first-order valence-corrected chi connectivity index (χ1v) is 3.26. The molecule has 62 valence electrons. The monoisotopic (exact) mass is 198 g/mol. The van der Waals surface area contributed by atoms with Gasteiger partial charge >= 0.3 is 5.97 Å². The van der Waals surface area contributed by atoms with Gasteiger partial charge in [-0.3, -0.25) is 14.4 Å². The van der Waals surface area contributed by atoms with Gasteiger partial charge in [-0.25, -0.2) is 0 Å². The van der Waals surface area contributed by atoms with Crippen LogP contribution in [0.25, 0.3) is 0 Å². The fourth-order valence-electron chi connectivity index (χ4n) is 0.348. The summed E-state index contributed by atoms with van der Waals surface area (Å²) < 4.78 is 4.17. The Morgan fingerprint density at radius 1 is 1.18 bits per heavy atom. The van der Waals surface area contributed by atoms with E-state index in [0.29, 0.717) is 0 Å². The highest BCUT2D eigenvalue weighted by Crippen LogP contribution is 2.02. The van der Waals surface area contributed by atoms with Crippen LogP contribution in [0.15, 0.2) is 0 Å². The number of esters is 1. The molecule has 0 radical (unpaired) electrons. The summed E-state index contributed by atoms with van der Waals surface area (Å²) in [5.74, 6) is -0.794. The molecule has 0 aliphatic heterocycles. The van der Waals surface area contributed by atoms with Gasteiger partial charge in [0.1, 0.15) is 0 Å². The molecule has 0 saturated heterocycles. The van der Waals surface area contributed by atoms with Gasteiger partial charge in [0.2, 0.25) is 6.10 Å². The van der Waals surface area contributed by atoms with E-state index in [2.05, 4.69) is 4.74 Å². The van der Waals surface area contributed by atoms with Gasteiger partial charge < -0.3 is 4.74 Å². The normalized spacial score (nSPS) is 9.45. The molecule has 0 atom stereocenters. The second kappa shape index (κ2) is 4.31. The minimum atomic E-state index is -1.68. The molecule has 11 heavy (non-hydrogen) atoms. The predicted molar refractivity (Wildman–Crippen MR) is 37.3 cm³/mol. The Hall–Kier alpha value is -0.610. The Morgan fingerprint density at radius 2 is 1.55 bits per heavy atom. The lowest BCUT2D eigenvalue weighted by Crippen LogP contribution is -2.28. The topological polar surface area (TPSA) is 60.4 Å². The minimum absolute atomic E-state index is 0.794. The first-order valence-electron chi connectivity index (χ1n) is 2.51. The standard InChI is InChI=1S/C5H4Cl2O4/c1-2(8)11-3(4(6)9)5(7)10/h3H,1H3. The molecular weight excluding hydrogens is 195 g/mol. The van der Waals surface area contributed by atoms with Crippen LogP contribution < -0.4 is 0 Å². The van der Waals surface area contributed by atoms with Crippen LogP contribution >= 0.6 is 23.2 Å². The van der Waals surface area contributed by atoms with Gasteiger partial charge in [-0.15, -0.1) is 0 Å². The summed E-state index contributed by atoms with van der Waals surface area (Å²) in [6, 6.07) is 0. The van der Waals surface area contributed by atoms with E-state index in [-0.39, 0.29) is 0 Å². The summed E-state index contributed by atoms with van der Waals surface area (Å²) in [5, 5.41) is -2.22. The molecule has 0 unspecified atom stereocenters. The van der Waals surface area contributed by atoms with Gasteiger partial charge in [0, 0.05) is 6.92 Å². The third-order valence-corrected chi connectivity index (χ3v) is 1.09. The number of hydrogen-bond donors (Lipinski definition) is 0. The molecule has 0 aromatic carbocycles. The van der Waals surface area contributed by atoms with Crippen LogP contribution in [0.1, 0.15) is 6.92 Å². The van der Waals surface area contributed by atoms with Crippen molar-refractivity contribution in [1.82, 2.24) is 0 Å². The zero-order valence-electron chi connectivity index (χ0n) is 5.47. The van der Waals surface area contributed by atoms with E-state index in [4.69, 9.17) is 23.2 Å². The highest BCUT2D eigenvalue weighted by Gasteiger charge is 2.26. The molecule has 0 rings (SSSR count). The van der Waals surface area contributed by atoms with E-state index >= 15 is 0 Å². The van der Waals surface area contributed by atoms with Crippen LogP contribution in [0, 0.1) is 0 Å². The summed E-state index contributed by atoms with van der Waals surface area (Å²) in [5.41, 5.74) is 0. The van der Waals surface area contributed by atoms with Crippen molar-refractivity contribution in [2.75, 3.05) is 0 Å². The number of halogens is 2. The minimum Gasteiger partial charge on any atom is -0.444 e. The second-order valence-corrected chi connectivity index (χ2v) is 2.34. The van der Waals surface area contributed by atoms with Crippen molar-refractivity contribution in [1.29, 1.82) is 0 Å². The maximum absolute atomic E-state index is 10.3. The van der Waals surface area contributed by atoms with Gasteiger partial charge in [0.05, 0.1) is 0 Å². The molecule has 0 heterocycles. The van der Waals surface area contributed by atoms with Crippen molar-refractivity contribution in [3.63, 3.8) is 0 Å². The van der Waals surface area contributed by atoms with Crippen LogP contribution in [0.3, 0.4) is 0 Å². The van der Waals surface area contributed by atoms with E-state index < -0.39 is 22.6 Å². The van der Waals surface area contributed by atoms with E-state index in [0.717, 1.165) is 6.92 Å². The molecule has 0 spiro atoms. The fraction of sp³-hybridized carbons (Fsp3) is 0.400. The number of carbonyl (C=O) groups excluding carboxylic acids is 3. The van der Waals surface area contributed by atoms with Crippen molar-refractivity contribution in [3.05, 3.63) is 0 Å². The molecule has 0 N–H and O–H groups in total. The summed E-state index contributed by atoms with van der Waals surface area (Å²) in [6.45, 7) is 1.03. The molecule has 0 aliphatic carbocycles. The number of ether oxygens (including phenoxy) is 1. The van der Waals surface area contributed by atoms with E-state index in [1.165, 1.54) is 0 Å². The van der Waals surface area contributed by atoms with Crippen LogP contribution in [0.4, 0.5) is 0 Å². The Morgan fingerprint density at radius 3 is 1.64 bits per heavy atom. The van der Waals surface area contributed by atoms with Crippen molar-refractivity contribution in [3.8, 4) is 0 Å². The summed E-state index contributed by atoms with van der Waals surface area (Å²) in [6.07, 6.45) is -1.68. The van der Waals surface area contributed by atoms with E-state index in [9.17, 15) is 14.4 Å². The van der Waals surface area contributed by atoms with E-state index in [1.54, 1.807) is 0 Å². The maximum atomic E-state index is 10.3. The molecule has 6 heteroatoms. The average Bonchev–Trinajstić information content (AvgIpc) is 1.81. The molecule has 0 amide bonds. The zero-order valence-corrected chi connectivity index (χ0v) is 6.98. The number of rotatable bonds is 3. The first kappa shape index (κ1) is 10.4. The quantitative estimate of drug-likeness (QED) is 0.376. The lowest BCUT2D eigenvalue weighted by Gasteiger charge is -2.05. The van der Waals surface area contributed by atoms with Gasteiger partial charge in [-0.05, 0) is 23.2 Å². The third kappa shape index (κ3) is 3.95. The second-order valence-electron chi connectivity index (χ2n) is 1.60. The summed E-state index contributed by atoms with van der Waals surface area (Å²) in [7, 11) is 0. The average molecular weight is 199 g/mol. The van der Waals surface area contributed by atoms with Crippen LogP contribution in [-0.2, 0) is 19.1 Å². The van der Waals surface area contributed by atoms with Crippen molar-refractivity contribution < 1.29 is 19.1 Å². The summed E-state index contributed by atoms with van der Waals surface area (Å²) in [4.78, 5) is 30.8. The van der Waals surface area contributed by atoms with Gasteiger partial charge in [-0.1, -0.05) is 0 Å². The largest absolute Gasteiger partial charge is 0.444 e. The molecule has 0 bridgehead atoms. The third-order valence-electron chi connectivity index (χ3n) is 0.696. The zero-order chi connectivity index (χ0) is 9.02. The van der Waals surface area contributed by atoms with Crippen molar-refractivity contribution in [2.24, 2.45) is 0 Å². The van der Waals surface area contributed by atoms with Crippen LogP contribution in [0.5, 0.6) is 0 Å². The Labute approximate surface area is 72.4 Å². The van der Waals surface area contributed by atoms with Gasteiger partial charge in [0.15, 0.2) is 0 Å². The molecule has 0 aliphatic rings. The molecular formula is C5H4Cl2O4. The Kier molecular flexibility index (Phi) is 4.07. The fourth-order valence-corrected chi connectivity index (χ4v) is 0.691. The maximum Gasteiger partial charge on any atom is 0.303 e. The lowest BCUT2D eigenvalue weighted by atomic mass is 10.4. The molecule has 0 fully saturated rings. The molecule has 0 aromatic rings. The lowest BCUT2D eigenvalue weighted by molar-refractivity contribution is -0.153. The number of hydrogen-bond acceptors (Lipinski definition) is 4. The molecule has 0 saturated carbocycles. The van der Waals surface area contributed by atoms with E-state index in [1.807, 2.05) is 0 Å². The highest BCUT2D eigenvalue weighted by atomic mass is 35.5. The van der Waals surface area contributed by atoms with Gasteiger partial charge in [0.25, 0.3) is 10.5 Å². The predicted octanol–water partition coefficient (Wildman–Crippen LogP) is 0.449. The smallest absolute Gasteiger partial charge is 0.303 e. The molecule has 0 aromatic heterocycles. The Bertz CT molecular complexity index is 187. The van der Waals surface area contributed by atoms with Crippen LogP contribution in [-0.4, -0.2) is 22.6 Å². The highest BCUT2D eigenvalue weighted by molar-refractivity contribution is 6.74. The number of carbonyl (C=O) groups is 3. The first-order chi connectivity index (χ1) is 4.95. The SMILES string of the molecule is CC(=O)OC(C(=O)Cl)C(=O)Cl. The molecule has 4 nitrogen and oxygen atoms in total. The van der Waals surface area contributed by atoms with Crippen LogP contribution in [0.2, 0.25) is 0 Å². The summed E-state index contributed by atoms with van der Waals surface area (Å²) >= 11 is 9.72. The van der Waals surface area contributed by atoms with Crippen molar-refractivity contribution >= 4 is 39.7 Å².